The number of fused-ring (bicyclic) bond motifs is 1. The van der Waals surface area contributed by atoms with Crippen LogP contribution in [0.5, 0.6) is 0 Å². The van der Waals surface area contributed by atoms with Crippen molar-refractivity contribution in [2.24, 2.45) is 0 Å². The Bertz CT molecular complexity index is 834. The summed E-state index contributed by atoms with van der Waals surface area (Å²) in [7, 11) is 2.08. The number of likely N-dealkylation sites (N-methyl/N-ethyl adjacent to an activating group) is 1. The molecule has 0 bridgehead atoms. The molecule has 1 atom stereocenters. The largest absolute Gasteiger partial charge is 0.490 e. The van der Waals surface area contributed by atoms with Crippen LogP contribution in [0, 0.1) is 0 Å². The number of pyridine rings is 2. The van der Waals surface area contributed by atoms with Gasteiger partial charge in [0, 0.05) is 30.4 Å². The minimum atomic E-state index is -1.75. The van der Waals surface area contributed by atoms with Crippen molar-refractivity contribution in [3.8, 4) is 0 Å². The van der Waals surface area contributed by atoms with E-state index in [0.717, 1.165) is 0 Å². The minimum absolute atomic E-state index is 0.0799. The summed E-state index contributed by atoms with van der Waals surface area (Å²) in [5.74, 6) is -0.713. The first-order chi connectivity index (χ1) is 11.8. The van der Waals surface area contributed by atoms with Gasteiger partial charge in [0.1, 0.15) is 11.2 Å². The molecule has 1 unspecified atom stereocenters. The van der Waals surface area contributed by atoms with Crippen LogP contribution in [0.4, 0.5) is 0 Å². The Kier molecular flexibility index (Phi) is 5.94. The summed E-state index contributed by atoms with van der Waals surface area (Å²) in [5, 5.41) is 18.8. The topological polar surface area (TPSA) is 105 Å². The SMILES string of the molecule is CCOC(=O)c1cn(C(C)CN(C)C)c2ncc(B(O)O)cc2c1=O. The van der Waals surface area contributed by atoms with Crippen molar-refractivity contribution in [3.63, 3.8) is 0 Å². The molecule has 9 heteroatoms. The van der Waals surface area contributed by atoms with Crippen molar-refractivity contribution in [1.82, 2.24) is 14.5 Å². The Hall–Kier alpha value is -2.23. The highest BCUT2D eigenvalue weighted by Crippen LogP contribution is 2.16. The third-order valence-electron chi connectivity index (χ3n) is 3.79. The Morgan fingerprint density at radius 1 is 1.44 bits per heavy atom. The number of hydrogen-bond donors (Lipinski definition) is 2. The molecule has 2 aromatic heterocycles. The molecule has 0 amide bonds. The van der Waals surface area contributed by atoms with Gasteiger partial charge in [-0.05, 0) is 34.0 Å². The normalized spacial score (nSPS) is 12.4. The molecule has 2 heterocycles. The van der Waals surface area contributed by atoms with Crippen molar-refractivity contribution in [3.05, 3.63) is 34.2 Å². The van der Waals surface area contributed by atoms with E-state index in [1.807, 2.05) is 25.9 Å². The highest BCUT2D eigenvalue weighted by molar-refractivity contribution is 6.58. The summed E-state index contributed by atoms with van der Waals surface area (Å²) in [5.41, 5.74) is -0.197. The number of carbonyl (C=O) groups is 1. The zero-order valence-electron chi connectivity index (χ0n) is 14.8. The van der Waals surface area contributed by atoms with E-state index < -0.39 is 18.5 Å². The van der Waals surface area contributed by atoms with E-state index in [-0.39, 0.29) is 29.1 Å². The number of aromatic nitrogens is 2. The molecule has 0 aliphatic heterocycles. The molecular weight excluding hydrogens is 325 g/mol. The molecule has 0 spiro atoms. The number of carbonyl (C=O) groups excluding carboxylic acids is 1. The van der Waals surface area contributed by atoms with E-state index in [2.05, 4.69) is 4.98 Å². The fraction of sp³-hybridized carbons (Fsp3) is 0.438. The van der Waals surface area contributed by atoms with E-state index in [0.29, 0.717) is 12.2 Å². The molecule has 0 aliphatic carbocycles. The van der Waals surface area contributed by atoms with Crippen LogP contribution in [0.3, 0.4) is 0 Å². The summed E-state index contributed by atoms with van der Waals surface area (Å²) < 4.78 is 6.70. The van der Waals surface area contributed by atoms with Gasteiger partial charge in [-0.15, -0.1) is 0 Å². The molecule has 0 aliphatic rings. The molecule has 2 aromatic rings. The van der Waals surface area contributed by atoms with Gasteiger partial charge in [0.25, 0.3) is 0 Å². The van der Waals surface area contributed by atoms with Crippen LogP contribution >= 0.6 is 0 Å². The number of rotatable bonds is 6. The Labute approximate surface area is 145 Å². The lowest BCUT2D eigenvalue weighted by atomic mass is 9.81. The third kappa shape index (κ3) is 4.06. The van der Waals surface area contributed by atoms with Crippen LogP contribution in [0.15, 0.2) is 23.3 Å². The van der Waals surface area contributed by atoms with Gasteiger partial charge in [0.05, 0.1) is 12.0 Å². The molecule has 8 nitrogen and oxygen atoms in total. The van der Waals surface area contributed by atoms with E-state index in [1.165, 1.54) is 18.5 Å². The van der Waals surface area contributed by atoms with Gasteiger partial charge in [0.2, 0.25) is 5.43 Å². The summed E-state index contributed by atoms with van der Waals surface area (Å²) in [6.45, 7) is 4.41. The summed E-state index contributed by atoms with van der Waals surface area (Å²) in [4.78, 5) is 31.0. The Morgan fingerprint density at radius 3 is 2.68 bits per heavy atom. The van der Waals surface area contributed by atoms with Gasteiger partial charge in [-0.25, -0.2) is 9.78 Å². The molecule has 0 radical (unpaired) electrons. The van der Waals surface area contributed by atoms with Gasteiger partial charge < -0.3 is 24.3 Å². The molecule has 0 aromatic carbocycles. The van der Waals surface area contributed by atoms with Crippen molar-refractivity contribution >= 4 is 29.6 Å². The van der Waals surface area contributed by atoms with Gasteiger partial charge in [-0.3, -0.25) is 4.79 Å². The highest BCUT2D eigenvalue weighted by Gasteiger charge is 2.21. The van der Waals surface area contributed by atoms with Gasteiger partial charge in [0.15, 0.2) is 0 Å². The van der Waals surface area contributed by atoms with Gasteiger partial charge in [-0.1, -0.05) is 0 Å². The smallest absolute Gasteiger partial charge is 0.462 e. The van der Waals surface area contributed by atoms with Crippen LogP contribution in [0.2, 0.25) is 0 Å². The minimum Gasteiger partial charge on any atom is -0.462 e. The molecule has 0 saturated carbocycles. The van der Waals surface area contributed by atoms with Crippen molar-refractivity contribution in [1.29, 1.82) is 0 Å². The van der Waals surface area contributed by atoms with Crippen LogP contribution in [0.25, 0.3) is 11.0 Å². The zero-order valence-corrected chi connectivity index (χ0v) is 14.8. The predicted octanol–water partition coefficient (Wildman–Crippen LogP) is -0.624. The van der Waals surface area contributed by atoms with Gasteiger partial charge >= 0.3 is 13.1 Å². The van der Waals surface area contributed by atoms with E-state index in [4.69, 9.17) is 4.74 Å². The lowest BCUT2D eigenvalue weighted by molar-refractivity contribution is 0.0524. The Morgan fingerprint density at radius 2 is 2.12 bits per heavy atom. The Balaban J connectivity index is 2.75. The van der Waals surface area contributed by atoms with E-state index >= 15 is 0 Å². The molecule has 0 saturated heterocycles. The molecule has 2 rings (SSSR count). The average Bonchev–Trinajstić information content (AvgIpc) is 2.54. The maximum atomic E-state index is 12.7. The van der Waals surface area contributed by atoms with Crippen LogP contribution < -0.4 is 10.9 Å². The molecular formula is C16H22BN3O5. The zero-order chi connectivity index (χ0) is 18.7. The average molecular weight is 347 g/mol. The standard InChI is InChI=1S/C16H22BN3O5/c1-5-25-16(22)13-9-20(10(2)8-19(3)4)15-12(14(13)21)6-11(7-18-15)17(23)24/h6-7,9-10,23-24H,5,8H2,1-4H3. The molecule has 134 valence electrons. The third-order valence-corrected chi connectivity index (χ3v) is 3.79. The molecule has 0 fully saturated rings. The van der Waals surface area contributed by atoms with E-state index in [9.17, 15) is 19.6 Å². The lowest BCUT2D eigenvalue weighted by Crippen LogP contribution is -2.32. The summed E-state index contributed by atoms with van der Waals surface area (Å²) in [6, 6.07) is 1.26. The fourth-order valence-corrected chi connectivity index (χ4v) is 2.70. The number of nitrogens with zero attached hydrogens (tertiary/aromatic N) is 3. The number of esters is 1. The first kappa shape index (κ1) is 19.1. The van der Waals surface area contributed by atoms with Crippen molar-refractivity contribution in [2.45, 2.75) is 19.9 Å². The molecule has 2 N–H and O–H groups in total. The summed E-state index contributed by atoms with van der Waals surface area (Å²) in [6.07, 6.45) is 2.76. The quantitative estimate of drug-likeness (QED) is 0.530. The molecule has 25 heavy (non-hydrogen) atoms. The maximum absolute atomic E-state index is 12.7. The number of hydrogen-bond acceptors (Lipinski definition) is 7. The van der Waals surface area contributed by atoms with Crippen molar-refractivity contribution in [2.75, 3.05) is 27.2 Å². The second-order valence-corrected chi connectivity index (χ2v) is 6.12. The maximum Gasteiger partial charge on any atom is 0.490 e. The van der Waals surface area contributed by atoms with Crippen LogP contribution in [0.1, 0.15) is 30.2 Å². The number of ether oxygens (including phenoxy) is 1. The van der Waals surface area contributed by atoms with Crippen LogP contribution in [-0.4, -0.2) is 64.8 Å². The summed E-state index contributed by atoms with van der Waals surface area (Å²) >= 11 is 0. The highest BCUT2D eigenvalue weighted by atomic mass is 16.5. The lowest BCUT2D eigenvalue weighted by Gasteiger charge is -2.22. The van der Waals surface area contributed by atoms with Gasteiger partial charge in [-0.2, -0.15) is 0 Å². The first-order valence-corrected chi connectivity index (χ1v) is 7.99. The first-order valence-electron chi connectivity index (χ1n) is 7.99. The monoisotopic (exact) mass is 347 g/mol. The predicted molar refractivity (Wildman–Crippen MR) is 95.1 cm³/mol. The van der Waals surface area contributed by atoms with Crippen molar-refractivity contribution < 1.29 is 19.6 Å². The fourth-order valence-electron chi connectivity index (χ4n) is 2.70. The van der Waals surface area contributed by atoms with E-state index in [1.54, 1.807) is 11.5 Å². The second kappa shape index (κ2) is 7.77. The second-order valence-electron chi connectivity index (χ2n) is 6.12. The van der Waals surface area contributed by atoms with Crippen LogP contribution in [-0.2, 0) is 4.74 Å².